The molecule has 27 heavy (non-hydrogen) atoms. The highest BCUT2D eigenvalue weighted by Crippen LogP contribution is 2.24. The molecule has 0 aliphatic carbocycles. The van der Waals surface area contributed by atoms with Crippen LogP contribution in [-0.2, 0) is 11.3 Å². The number of carboxylic acid groups (broad SMARTS) is 1. The van der Waals surface area contributed by atoms with Crippen molar-refractivity contribution < 1.29 is 19.1 Å². The number of halogens is 1. The maximum absolute atomic E-state index is 13.8. The van der Waals surface area contributed by atoms with E-state index >= 15 is 0 Å². The van der Waals surface area contributed by atoms with E-state index in [0.717, 1.165) is 11.3 Å². The topological polar surface area (TPSA) is 60.9 Å². The number of carbonyl (C=O) groups is 2. The van der Waals surface area contributed by atoms with Gasteiger partial charge in [0.05, 0.1) is 11.5 Å². The number of carboxylic acids is 1. The second kappa shape index (κ2) is 8.20. The standard InChI is InChI=1S/C21H23FN2O3/c1-23(20(25)18-7-2-3-8-19(18)22)14-15-5-4-6-17(13-15)24-11-9-16(10-12-24)21(26)27/h2-8,13,16H,9-12,14H2,1H3,(H,26,27). The first kappa shape index (κ1) is 18.9. The average Bonchev–Trinajstić information content (AvgIpc) is 2.68. The van der Waals surface area contributed by atoms with Crippen LogP contribution < -0.4 is 4.90 Å². The maximum atomic E-state index is 13.8. The minimum absolute atomic E-state index is 0.0619. The van der Waals surface area contributed by atoms with Crippen LogP contribution in [0.3, 0.4) is 0 Å². The second-order valence-corrected chi connectivity index (χ2v) is 6.91. The van der Waals surface area contributed by atoms with E-state index in [1.807, 2.05) is 24.3 Å². The highest BCUT2D eigenvalue weighted by atomic mass is 19.1. The minimum Gasteiger partial charge on any atom is -0.481 e. The molecule has 0 spiro atoms. The Balaban J connectivity index is 1.66. The summed E-state index contributed by atoms with van der Waals surface area (Å²) in [5, 5.41) is 9.12. The van der Waals surface area contributed by atoms with Gasteiger partial charge < -0.3 is 14.9 Å². The first-order chi connectivity index (χ1) is 13.0. The third-order valence-electron chi connectivity index (χ3n) is 4.99. The van der Waals surface area contributed by atoms with Gasteiger partial charge in [-0.25, -0.2) is 4.39 Å². The zero-order valence-corrected chi connectivity index (χ0v) is 15.3. The molecule has 142 valence electrons. The van der Waals surface area contributed by atoms with E-state index < -0.39 is 11.8 Å². The van der Waals surface area contributed by atoms with Crippen molar-refractivity contribution in [1.82, 2.24) is 4.90 Å². The second-order valence-electron chi connectivity index (χ2n) is 6.91. The summed E-state index contributed by atoms with van der Waals surface area (Å²) in [5.74, 6) is -1.88. The molecule has 0 saturated carbocycles. The Morgan fingerprint density at radius 1 is 1.15 bits per heavy atom. The molecule has 6 heteroatoms. The Bertz CT molecular complexity index is 832. The van der Waals surface area contributed by atoms with Crippen LogP contribution in [0.25, 0.3) is 0 Å². The number of carbonyl (C=O) groups excluding carboxylic acids is 1. The van der Waals surface area contributed by atoms with Crippen molar-refractivity contribution in [1.29, 1.82) is 0 Å². The smallest absolute Gasteiger partial charge is 0.306 e. The minimum atomic E-state index is -0.725. The van der Waals surface area contributed by atoms with Crippen molar-refractivity contribution >= 4 is 17.6 Å². The fourth-order valence-corrected chi connectivity index (χ4v) is 3.42. The molecular formula is C21H23FN2O3. The summed E-state index contributed by atoms with van der Waals surface area (Å²) in [7, 11) is 1.65. The maximum Gasteiger partial charge on any atom is 0.306 e. The number of rotatable bonds is 5. The summed E-state index contributed by atoms with van der Waals surface area (Å²) >= 11 is 0. The highest BCUT2D eigenvalue weighted by molar-refractivity contribution is 5.94. The Hall–Kier alpha value is -2.89. The highest BCUT2D eigenvalue weighted by Gasteiger charge is 2.24. The van der Waals surface area contributed by atoms with Gasteiger partial charge in [-0.3, -0.25) is 9.59 Å². The molecule has 3 rings (SSSR count). The van der Waals surface area contributed by atoms with Gasteiger partial charge in [-0.1, -0.05) is 24.3 Å². The zero-order valence-electron chi connectivity index (χ0n) is 15.3. The van der Waals surface area contributed by atoms with Gasteiger partial charge in [0.25, 0.3) is 5.91 Å². The van der Waals surface area contributed by atoms with Crippen LogP contribution in [0, 0.1) is 11.7 Å². The number of benzene rings is 2. The number of anilines is 1. The number of piperidine rings is 1. The lowest BCUT2D eigenvalue weighted by Gasteiger charge is -2.32. The number of amides is 1. The molecule has 1 fully saturated rings. The van der Waals surface area contributed by atoms with Crippen molar-refractivity contribution in [3.8, 4) is 0 Å². The van der Waals surface area contributed by atoms with Crippen LogP contribution in [-0.4, -0.2) is 42.0 Å². The SMILES string of the molecule is CN(Cc1cccc(N2CCC(C(=O)O)CC2)c1)C(=O)c1ccccc1F. The van der Waals surface area contributed by atoms with E-state index in [0.29, 0.717) is 32.5 Å². The van der Waals surface area contributed by atoms with Crippen LogP contribution >= 0.6 is 0 Å². The molecule has 1 aliphatic heterocycles. The molecule has 1 heterocycles. The number of aliphatic carboxylic acids is 1. The van der Waals surface area contributed by atoms with E-state index in [9.17, 15) is 14.0 Å². The molecule has 0 bridgehead atoms. The van der Waals surface area contributed by atoms with Crippen LogP contribution in [0.2, 0.25) is 0 Å². The predicted molar refractivity (Wildman–Crippen MR) is 101 cm³/mol. The number of hydrogen-bond acceptors (Lipinski definition) is 3. The fourth-order valence-electron chi connectivity index (χ4n) is 3.42. The van der Waals surface area contributed by atoms with Gasteiger partial charge in [0.2, 0.25) is 0 Å². The summed E-state index contributed by atoms with van der Waals surface area (Å²) in [6.07, 6.45) is 1.26. The van der Waals surface area contributed by atoms with E-state index in [1.54, 1.807) is 19.2 Å². The van der Waals surface area contributed by atoms with Crippen molar-refractivity contribution in [3.63, 3.8) is 0 Å². The monoisotopic (exact) mass is 370 g/mol. The summed E-state index contributed by atoms with van der Waals surface area (Å²) in [4.78, 5) is 27.2. The molecule has 0 unspecified atom stereocenters. The van der Waals surface area contributed by atoms with E-state index in [4.69, 9.17) is 5.11 Å². The predicted octanol–water partition coefficient (Wildman–Crippen LogP) is 3.40. The average molecular weight is 370 g/mol. The largest absolute Gasteiger partial charge is 0.481 e. The Morgan fingerprint density at radius 2 is 1.85 bits per heavy atom. The van der Waals surface area contributed by atoms with Crippen molar-refractivity contribution in [2.45, 2.75) is 19.4 Å². The molecule has 0 aromatic heterocycles. The van der Waals surface area contributed by atoms with Gasteiger partial charge >= 0.3 is 5.97 Å². The lowest BCUT2D eigenvalue weighted by Crippen LogP contribution is -2.36. The van der Waals surface area contributed by atoms with Crippen LogP contribution in [0.1, 0.15) is 28.8 Å². The van der Waals surface area contributed by atoms with Gasteiger partial charge in [-0.05, 0) is 42.7 Å². The Labute approximate surface area is 158 Å². The molecular weight excluding hydrogens is 347 g/mol. The van der Waals surface area contributed by atoms with Crippen molar-refractivity contribution in [2.24, 2.45) is 5.92 Å². The summed E-state index contributed by atoms with van der Waals surface area (Å²) in [6.45, 7) is 1.77. The van der Waals surface area contributed by atoms with Crippen molar-refractivity contribution in [3.05, 3.63) is 65.5 Å². The first-order valence-electron chi connectivity index (χ1n) is 9.02. The molecule has 5 nitrogen and oxygen atoms in total. The lowest BCUT2D eigenvalue weighted by molar-refractivity contribution is -0.142. The first-order valence-corrected chi connectivity index (χ1v) is 9.02. The van der Waals surface area contributed by atoms with Crippen molar-refractivity contribution in [2.75, 3.05) is 25.0 Å². The third-order valence-corrected chi connectivity index (χ3v) is 4.99. The van der Waals surface area contributed by atoms with Gasteiger partial charge in [-0.2, -0.15) is 0 Å². The molecule has 0 atom stereocenters. The van der Waals surface area contributed by atoms with E-state index in [2.05, 4.69) is 4.90 Å². The van der Waals surface area contributed by atoms with Gasteiger partial charge in [0.1, 0.15) is 5.82 Å². The van der Waals surface area contributed by atoms with Gasteiger partial charge in [0.15, 0.2) is 0 Å². The molecule has 1 saturated heterocycles. The van der Waals surface area contributed by atoms with Crippen LogP contribution in [0.4, 0.5) is 10.1 Å². The molecule has 2 aromatic rings. The molecule has 1 N–H and O–H groups in total. The summed E-state index contributed by atoms with van der Waals surface area (Å²) in [5.41, 5.74) is 2.02. The normalized spacial score (nSPS) is 14.8. The van der Waals surface area contributed by atoms with Crippen LogP contribution in [0.15, 0.2) is 48.5 Å². The molecule has 0 radical (unpaired) electrons. The lowest BCUT2D eigenvalue weighted by atomic mass is 9.96. The number of nitrogens with zero attached hydrogens (tertiary/aromatic N) is 2. The third kappa shape index (κ3) is 4.45. The molecule has 1 aliphatic rings. The molecule has 2 aromatic carbocycles. The van der Waals surface area contributed by atoms with Crippen LogP contribution in [0.5, 0.6) is 0 Å². The Morgan fingerprint density at radius 3 is 2.52 bits per heavy atom. The number of hydrogen-bond donors (Lipinski definition) is 1. The van der Waals surface area contributed by atoms with Gasteiger partial charge in [0, 0.05) is 32.4 Å². The van der Waals surface area contributed by atoms with E-state index in [-0.39, 0.29) is 17.4 Å². The summed E-state index contributed by atoms with van der Waals surface area (Å²) < 4.78 is 13.8. The Kier molecular flexibility index (Phi) is 5.74. The zero-order chi connectivity index (χ0) is 19.4. The fraction of sp³-hybridized carbons (Fsp3) is 0.333. The summed E-state index contributed by atoms with van der Waals surface area (Å²) in [6, 6.07) is 13.8. The molecule has 1 amide bonds. The quantitative estimate of drug-likeness (QED) is 0.876. The van der Waals surface area contributed by atoms with Gasteiger partial charge in [-0.15, -0.1) is 0 Å². The van der Waals surface area contributed by atoms with E-state index in [1.165, 1.54) is 17.0 Å².